The van der Waals surface area contributed by atoms with Crippen LogP contribution in [-0.2, 0) is 0 Å². The molecule has 0 aliphatic heterocycles. The summed E-state index contributed by atoms with van der Waals surface area (Å²) in [5.41, 5.74) is 6.56. The van der Waals surface area contributed by atoms with Gasteiger partial charge in [0.05, 0.1) is 5.69 Å². The third-order valence-corrected chi connectivity index (χ3v) is 3.78. The summed E-state index contributed by atoms with van der Waals surface area (Å²) >= 11 is 3.52. The maximum atomic E-state index is 6.02. The van der Waals surface area contributed by atoms with Crippen molar-refractivity contribution in [2.75, 3.05) is 5.73 Å². The number of halogens is 1. The van der Waals surface area contributed by atoms with Crippen LogP contribution < -0.4 is 15.2 Å². The van der Waals surface area contributed by atoms with Crippen LogP contribution in [0.15, 0.2) is 77.3 Å². The first kappa shape index (κ1) is 14.5. The summed E-state index contributed by atoms with van der Waals surface area (Å²) in [6, 6.07) is 22.6. The molecule has 3 rings (SSSR count). The molecule has 3 nitrogen and oxygen atoms in total. The van der Waals surface area contributed by atoms with Gasteiger partial charge in [-0.2, -0.15) is 0 Å². The number of hydrogen-bond acceptors (Lipinski definition) is 3. The first-order valence-corrected chi connectivity index (χ1v) is 7.57. The summed E-state index contributed by atoms with van der Waals surface area (Å²) in [5.74, 6) is 2.65. The van der Waals surface area contributed by atoms with Crippen LogP contribution in [0.25, 0.3) is 0 Å². The van der Waals surface area contributed by atoms with Gasteiger partial charge in [0.15, 0.2) is 5.75 Å². The average Bonchev–Trinajstić information content (AvgIpc) is 2.56. The summed E-state index contributed by atoms with van der Waals surface area (Å²) < 4.78 is 12.4. The Hall–Kier alpha value is -2.46. The SMILES string of the molecule is Nc1ccc(Oc2ccccc2)c(Br)c1Oc1ccccc1. The zero-order valence-corrected chi connectivity index (χ0v) is 13.3. The van der Waals surface area contributed by atoms with Gasteiger partial charge in [0, 0.05) is 0 Å². The van der Waals surface area contributed by atoms with Gasteiger partial charge in [-0.1, -0.05) is 36.4 Å². The van der Waals surface area contributed by atoms with Gasteiger partial charge in [0.2, 0.25) is 0 Å². The third-order valence-electron chi connectivity index (χ3n) is 3.03. The number of hydrogen-bond donors (Lipinski definition) is 1. The van der Waals surface area contributed by atoms with Crippen molar-refractivity contribution in [2.45, 2.75) is 0 Å². The van der Waals surface area contributed by atoms with Crippen LogP contribution in [0.2, 0.25) is 0 Å². The van der Waals surface area contributed by atoms with Crippen molar-refractivity contribution in [3.8, 4) is 23.0 Å². The second-order valence-corrected chi connectivity index (χ2v) is 5.42. The molecule has 2 N–H and O–H groups in total. The molecule has 3 aromatic rings. The third kappa shape index (κ3) is 3.23. The maximum absolute atomic E-state index is 6.02. The van der Waals surface area contributed by atoms with Crippen LogP contribution in [0.4, 0.5) is 5.69 Å². The monoisotopic (exact) mass is 355 g/mol. The predicted molar refractivity (Wildman–Crippen MR) is 91.6 cm³/mol. The lowest BCUT2D eigenvalue weighted by Gasteiger charge is -2.14. The molecule has 0 heterocycles. The van der Waals surface area contributed by atoms with E-state index in [0.717, 1.165) is 5.75 Å². The Morgan fingerprint density at radius 1 is 0.682 bits per heavy atom. The van der Waals surface area contributed by atoms with Crippen LogP contribution in [-0.4, -0.2) is 0 Å². The molecule has 0 aliphatic rings. The minimum Gasteiger partial charge on any atom is -0.456 e. The van der Waals surface area contributed by atoms with Gasteiger partial charge >= 0.3 is 0 Å². The Labute approximate surface area is 137 Å². The van der Waals surface area contributed by atoms with E-state index in [1.807, 2.05) is 66.7 Å². The molecule has 0 atom stereocenters. The number of nitrogen functional groups attached to an aromatic ring is 1. The number of para-hydroxylation sites is 2. The van der Waals surface area contributed by atoms with E-state index in [4.69, 9.17) is 15.2 Å². The van der Waals surface area contributed by atoms with Crippen molar-refractivity contribution in [1.29, 1.82) is 0 Å². The molecule has 0 bridgehead atoms. The van der Waals surface area contributed by atoms with E-state index in [9.17, 15) is 0 Å². The Morgan fingerprint density at radius 3 is 1.82 bits per heavy atom. The van der Waals surface area contributed by atoms with Crippen molar-refractivity contribution < 1.29 is 9.47 Å². The first-order chi connectivity index (χ1) is 10.7. The lowest BCUT2D eigenvalue weighted by Crippen LogP contribution is -1.95. The van der Waals surface area contributed by atoms with Gasteiger partial charge in [-0.25, -0.2) is 0 Å². The Kier molecular flexibility index (Phi) is 4.30. The predicted octanol–water partition coefficient (Wildman–Crippen LogP) is 5.62. The van der Waals surface area contributed by atoms with E-state index in [1.54, 1.807) is 6.07 Å². The first-order valence-electron chi connectivity index (χ1n) is 6.78. The van der Waals surface area contributed by atoms with Crippen LogP contribution in [0.3, 0.4) is 0 Å². The van der Waals surface area contributed by atoms with Gasteiger partial charge in [0.25, 0.3) is 0 Å². The van der Waals surface area contributed by atoms with E-state index >= 15 is 0 Å². The molecule has 0 saturated heterocycles. The van der Waals surface area contributed by atoms with Crippen molar-refractivity contribution in [3.05, 3.63) is 77.3 Å². The van der Waals surface area contributed by atoms with Crippen LogP contribution in [0, 0.1) is 0 Å². The van der Waals surface area contributed by atoms with Gasteiger partial charge in [-0.3, -0.25) is 0 Å². The van der Waals surface area contributed by atoms with Crippen LogP contribution in [0.5, 0.6) is 23.0 Å². The smallest absolute Gasteiger partial charge is 0.168 e. The average molecular weight is 356 g/mol. The van der Waals surface area contributed by atoms with E-state index in [-0.39, 0.29) is 0 Å². The summed E-state index contributed by atoms with van der Waals surface area (Å²) in [4.78, 5) is 0. The highest BCUT2D eigenvalue weighted by atomic mass is 79.9. The normalized spacial score (nSPS) is 10.2. The fourth-order valence-electron chi connectivity index (χ4n) is 1.96. The lowest BCUT2D eigenvalue weighted by atomic mass is 10.2. The summed E-state index contributed by atoms with van der Waals surface area (Å²) in [6.07, 6.45) is 0. The summed E-state index contributed by atoms with van der Waals surface area (Å²) in [6.45, 7) is 0. The number of benzene rings is 3. The largest absolute Gasteiger partial charge is 0.456 e. The molecule has 0 aliphatic carbocycles. The topological polar surface area (TPSA) is 44.5 Å². The maximum Gasteiger partial charge on any atom is 0.168 e. The molecule has 0 saturated carbocycles. The Balaban J connectivity index is 1.92. The summed E-state index contributed by atoms with van der Waals surface area (Å²) in [5, 5.41) is 0. The minimum atomic E-state index is 0.538. The quantitative estimate of drug-likeness (QED) is 0.618. The molecule has 0 fully saturated rings. The number of nitrogens with two attached hydrogens (primary N) is 1. The molecule has 0 spiro atoms. The van der Waals surface area contributed by atoms with Gasteiger partial charge < -0.3 is 15.2 Å². The minimum absolute atomic E-state index is 0.538. The molecule has 22 heavy (non-hydrogen) atoms. The van der Waals surface area contributed by atoms with Crippen molar-refractivity contribution >= 4 is 21.6 Å². The Bertz CT molecular complexity index is 761. The highest BCUT2D eigenvalue weighted by Crippen LogP contribution is 2.42. The second kappa shape index (κ2) is 6.54. The zero-order valence-electron chi connectivity index (χ0n) is 11.7. The van der Waals surface area contributed by atoms with Crippen LogP contribution >= 0.6 is 15.9 Å². The molecular formula is C18H14BrNO2. The molecule has 0 amide bonds. The van der Waals surface area contributed by atoms with E-state index in [0.29, 0.717) is 27.4 Å². The van der Waals surface area contributed by atoms with Crippen molar-refractivity contribution in [1.82, 2.24) is 0 Å². The standard InChI is InChI=1S/C18H14BrNO2/c19-17-16(21-13-7-3-1-4-8-13)12-11-15(20)18(17)22-14-9-5-2-6-10-14/h1-12H,20H2. The van der Waals surface area contributed by atoms with E-state index < -0.39 is 0 Å². The number of rotatable bonds is 4. The van der Waals surface area contributed by atoms with Crippen molar-refractivity contribution in [3.63, 3.8) is 0 Å². The Morgan fingerprint density at radius 2 is 1.23 bits per heavy atom. The molecule has 0 unspecified atom stereocenters. The van der Waals surface area contributed by atoms with Crippen LogP contribution in [0.1, 0.15) is 0 Å². The highest BCUT2D eigenvalue weighted by Gasteiger charge is 2.13. The number of ether oxygens (including phenoxy) is 2. The van der Waals surface area contributed by atoms with E-state index in [1.165, 1.54) is 0 Å². The molecule has 0 aromatic heterocycles. The molecule has 0 radical (unpaired) electrons. The number of anilines is 1. The molecular weight excluding hydrogens is 342 g/mol. The van der Waals surface area contributed by atoms with Gasteiger partial charge in [0.1, 0.15) is 21.7 Å². The van der Waals surface area contributed by atoms with E-state index in [2.05, 4.69) is 15.9 Å². The highest BCUT2D eigenvalue weighted by molar-refractivity contribution is 9.10. The zero-order chi connectivity index (χ0) is 15.4. The van der Waals surface area contributed by atoms with Gasteiger partial charge in [-0.15, -0.1) is 0 Å². The van der Waals surface area contributed by atoms with Gasteiger partial charge in [-0.05, 0) is 52.3 Å². The second-order valence-electron chi connectivity index (χ2n) is 4.63. The molecule has 110 valence electrons. The fourth-order valence-corrected chi connectivity index (χ4v) is 2.48. The van der Waals surface area contributed by atoms with Crippen molar-refractivity contribution in [2.24, 2.45) is 0 Å². The molecule has 3 aromatic carbocycles. The lowest BCUT2D eigenvalue weighted by molar-refractivity contribution is 0.456. The fraction of sp³-hybridized carbons (Fsp3) is 0. The molecule has 4 heteroatoms. The summed E-state index contributed by atoms with van der Waals surface area (Å²) in [7, 11) is 0.